The fraction of sp³-hybridized carbons (Fsp3) is 0.227. The van der Waals surface area contributed by atoms with Crippen molar-refractivity contribution in [3.63, 3.8) is 0 Å². The van der Waals surface area contributed by atoms with Gasteiger partial charge in [-0.3, -0.25) is 9.69 Å². The molecule has 5 nitrogen and oxygen atoms in total. The Hall–Kier alpha value is -3.11. The predicted octanol–water partition coefficient (Wildman–Crippen LogP) is 4.12. The summed E-state index contributed by atoms with van der Waals surface area (Å²) in [6.45, 7) is 3.71. The van der Waals surface area contributed by atoms with Crippen LogP contribution in [0.3, 0.4) is 0 Å². The number of hydrogen-bond acceptors (Lipinski definition) is 5. The highest BCUT2D eigenvalue weighted by atomic mass is 32.2. The van der Waals surface area contributed by atoms with Gasteiger partial charge in [-0.05, 0) is 50.1 Å². The number of benzene rings is 2. The maximum Gasteiger partial charge on any atom is 0.351 e. The number of halogens is 1. The number of amides is 1. The second-order valence-corrected chi connectivity index (χ2v) is 7.65. The molecule has 0 radical (unpaired) electrons. The average Bonchev–Trinajstić information content (AvgIpc) is 3.01. The Morgan fingerprint density at radius 2 is 1.86 bits per heavy atom. The van der Waals surface area contributed by atoms with Crippen molar-refractivity contribution in [2.24, 2.45) is 0 Å². The van der Waals surface area contributed by atoms with Crippen LogP contribution in [0.5, 0.6) is 0 Å². The summed E-state index contributed by atoms with van der Waals surface area (Å²) in [5.74, 6) is -1.35. The van der Waals surface area contributed by atoms with Crippen LogP contribution in [0.4, 0.5) is 10.1 Å². The minimum atomic E-state index is -0.759. The number of thioether (sulfide) groups is 1. The van der Waals surface area contributed by atoms with Crippen molar-refractivity contribution >= 4 is 29.3 Å². The molecule has 1 aliphatic rings. The SMILES string of the molecule is CCOC(=O)/C(C#N)=C1\S[C@H](Cc2ccc(F)cc2)C(=O)N1c1ccc(C)cc1. The summed E-state index contributed by atoms with van der Waals surface area (Å²) in [6, 6.07) is 15.1. The second-order valence-electron chi connectivity index (χ2n) is 6.46. The molecule has 1 fully saturated rings. The molecule has 7 heteroatoms. The van der Waals surface area contributed by atoms with Gasteiger partial charge in [-0.15, -0.1) is 0 Å². The van der Waals surface area contributed by atoms with E-state index in [0.717, 1.165) is 22.9 Å². The van der Waals surface area contributed by atoms with Gasteiger partial charge < -0.3 is 4.74 Å². The van der Waals surface area contributed by atoms with Crippen molar-refractivity contribution in [2.75, 3.05) is 11.5 Å². The molecule has 0 N–H and O–H groups in total. The quantitative estimate of drug-likeness (QED) is 0.421. The van der Waals surface area contributed by atoms with E-state index >= 15 is 0 Å². The van der Waals surface area contributed by atoms with Gasteiger partial charge in [0.1, 0.15) is 16.9 Å². The van der Waals surface area contributed by atoms with E-state index in [-0.39, 0.29) is 28.9 Å². The van der Waals surface area contributed by atoms with Crippen molar-refractivity contribution < 1.29 is 18.7 Å². The lowest BCUT2D eigenvalue weighted by Gasteiger charge is -2.18. The Morgan fingerprint density at radius 1 is 1.21 bits per heavy atom. The molecule has 3 rings (SSSR count). The number of aryl methyl sites for hydroxylation is 1. The highest BCUT2D eigenvalue weighted by Gasteiger charge is 2.41. The maximum absolute atomic E-state index is 13.2. The van der Waals surface area contributed by atoms with E-state index < -0.39 is 11.2 Å². The number of nitriles is 1. The van der Waals surface area contributed by atoms with Gasteiger partial charge in [0, 0.05) is 5.69 Å². The van der Waals surface area contributed by atoms with Crippen LogP contribution < -0.4 is 4.90 Å². The Balaban J connectivity index is 2.02. The lowest BCUT2D eigenvalue weighted by atomic mass is 10.1. The lowest BCUT2D eigenvalue weighted by Crippen LogP contribution is -2.30. The van der Waals surface area contributed by atoms with E-state index in [0.29, 0.717) is 12.1 Å². The predicted molar refractivity (Wildman–Crippen MR) is 109 cm³/mol. The summed E-state index contributed by atoms with van der Waals surface area (Å²) in [6.07, 6.45) is 0.344. The standard InChI is InChI=1S/C22H19FN2O3S/c1-3-28-22(27)18(13-24)21-25(17-10-4-14(2)5-11-17)20(26)19(29-21)12-15-6-8-16(23)9-7-15/h4-11,19H,3,12H2,1-2H3/b21-18-/t19-/m1/s1. The van der Waals surface area contributed by atoms with Gasteiger partial charge in [0.2, 0.25) is 5.91 Å². The minimum Gasteiger partial charge on any atom is -0.462 e. The van der Waals surface area contributed by atoms with Gasteiger partial charge in [0.15, 0.2) is 5.57 Å². The van der Waals surface area contributed by atoms with Gasteiger partial charge in [-0.25, -0.2) is 9.18 Å². The molecule has 2 aromatic rings. The summed E-state index contributed by atoms with van der Waals surface area (Å²) in [7, 11) is 0. The lowest BCUT2D eigenvalue weighted by molar-refractivity contribution is -0.138. The molecule has 0 aromatic heterocycles. The van der Waals surface area contributed by atoms with Gasteiger partial charge in [-0.1, -0.05) is 41.6 Å². The largest absolute Gasteiger partial charge is 0.462 e. The molecular weight excluding hydrogens is 391 g/mol. The molecular formula is C22H19FN2O3S. The molecule has 0 aliphatic carbocycles. The third kappa shape index (κ3) is 4.49. The smallest absolute Gasteiger partial charge is 0.351 e. The van der Waals surface area contributed by atoms with Crippen molar-refractivity contribution in [2.45, 2.75) is 25.5 Å². The first kappa shape index (κ1) is 20.6. The van der Waals surface area contributed by atoms with E-state index in [1.165, 1.54) is 17.0 Å². The molecule has 0 saturated carbocycles. The topological polar surface area (TPSA) is 70.4 Å². The van der Waals surface area contributed by atoms with E-state index in [2.05, 4.69) is 0 Å². The van der Waals surface area contributed by atoms with Crippen molar-refractivity contribution in [1.29, 1.82) is 5.26 Å². The summed E-state index contributed by atoms with van der Waals surface area (Å²) < 4.78 is 18.2. The Labute approximate surface area is 172 Å². The Kier molecular flexibility index (Phi) is 6.35. The first-order chi connectivity index (χ1) is 13.9. The Morgan fingerprint density at radius 3 is 2.45 bits per heavy atom. The second kappa shape index (κ2) is 8.93. The summed E-state index contributed by atoms with van der Waals surface area (Å²) in [5.41, 5.74) is 2.18. The number of hydrogen-bond donors (Lipinski definition) is 0. The fourth-order valence-corrected chi connectivity index (χ4v) is 4.24. The summed E-state index contributed by atoms with van der Waals surface area (Å²) >= 11 is 1.15. The van der Waals surface area contributed by atoms with E-state index in [9.17, 15) is 19.2 Å². The number of ether oxygens (including phenoxy) is 1. The van der Waals surface area contributed by atoms with E-state index in [1.807, 2.05) is 25.1 Å². The monoisotopic (exact) mass is 410 g/mol. The zero-order chi connectivity index (χ0) is 21.0. The van der Waals surface area contributed by atoms with Crippen LogP contribution in [0.25, 0.3) is 0 Å². The van der Waals surface area contributed by atoms with Crippen LogP contribution in [0.1, 0.15) is 18.1 Å². The number of nitrogens with zero attached hydrogens (tertiary/aromatic N) is 2. The zero-order valence-corrected chi connectivity index (χ0v) is 16.8. The molecule has 1 amide bonds. The van der Waals surface area contributed by atoms with Crippen LogP contribution in [-0.2, 0) is 20.7 Å². The van der Waals surface area contributed by atoms with Gasteiger partial charge in [0.05, 0.1) is 11.9 Å². The van der Waals surface area contributed by atoms with E-state index in [1.54, 1.807) is 31.2 Å². The molecule has 1 aliphatic heterocycles. The molecule has 148 valence electrons. The number of anilines is 1. The van der Waals surface area contributed by atoms with Crippen LogP contribution in [0, 0.1) is 24.1 Å². The highest BCUT2D eigenvalue weighted by Crippen LogP contribution is 2.42. The number of rotatable bonds is 5. The first-order valence-electron chi connectivity index (χ1n) is 9.07. The molecule has 1 atom stereocenters. The van der Waals surface area contributed by atoms with Crippen LogP contribution >= 0.6 is 11.8 Å². The highest BCUT2D eigenvalue weighted by molar-refractivity contribution is 8.05. The van der Waals surface area contributed by atoms with Crippen LogP contribution in [0.15, 0.2) is 59.1 Å². The third-order valence-electron chi connectivity index (χ3n) is 4.38. The normalized spacial score (nSPS) is 17.8. The molecule has 2 aromatic carbocycles. The average molecular weight is 410 g/mol. The Bertz CT molecular complexity index is 994. The van der Waals surface area contributed by atoms with Gasteiger partial charge in [0.25, 0.3) is 0 Å². The first-order valence-corrected chi connectivity index (χ1v) is 9.95. The van der Waals surface area contributed by atoms with Gasteiger partial charge in [-0.2, -0.15) is 5.26 Å². The van der Waals surface area contributed by atoms with Crippen LogP contribution in [0.2, 0.25) is 0 Å². The van der Waals surface area contributed by atoms with Gasteiger partial charge >= 0.3 is 5.97 Å². The summed E-state index contributed by atoms with van der Waals surface area (Å²) in [5, 5.41) is 9.29. The molecule has 1 saturated heterocycles. The number of carbonyl (C=O) groups is 2. The van der Waals surface area contributed by atoms with E-state index in [4.69, 9.17) is 4.74 Å². The fourth-order valence-electron chi connectivity index (χ4n) is 2.94. The summed E-state index contributed by atoms with van der Waals surface area (Å²) in [4.78, 5) is 26.9. The number of carbonyl (C=O) groups excluding carboxylic acids is 2. The maximum atomic E-state index is 13.2. The number of esters is 1. The van der Waals surface area contributed by atoms with Crippen molar-refractivity contribution in [3.05, 3.63) is 76.1 Å². The molecule has 1 heterocycles. The molecule has 0 unspecified atom stereocenters. The molecule has 0 spiro atoms. The molecule has 0 bridgehead atoms. The van der Waals surface area contributed by atoms with Crippen molar-refractivity contribution in [1.82, 2.24) is 0 Å². The third-order valence-corrected chi connectivity index (χ3v) is 5.65. The van der Waals surface area contributed by atoms with Crippen LogP contribution in [-0.4, -0.2) is 23.7 Å². The molecule has 29 heavy (non-hydrogen) atoms. The van der Waals surface area contributed by atoms with Crippen molar-refractivity contribution in [3.8, 4) is 6.07 Å². The zero-order valence-electron chi connectivity index (χ0n) is 16.0. The minimum absolute atomic E-state index is 0.124.